The van der Waals surface area contributed by atoms with Gasteiger partial charge in [-0.15, -0.1) is 0 Å². The molecular formula is C18H18F4N2O4S. The van der Waals surface area contributed by atoms with Crippen LogP contribution in [-0.2, 0) is 27.8 Å². The Morgan fingerprint density at radius 1 is 1.31 bits per heavy atom. The highest BCUT2D eigenvalue weighted by Crippen LogP contribution is 2.33. The van der Waals surface area contributed by atoms with E-state index in [0.29, 0.717) is 31.8 Å². The second-order valence-electron chi connectivity index (χ2n) is 6.83. The molecule has 1 fully saturated rings. The van der Waals surface area contributed by atoms with E-state index in [1.54, 1.807) is 0 Å². The third-order valence-electron chi connectivity index (χ3n) is 4.58. The van der Waals surface area contributed by atoms with E-state index in [1.165, 1.54) is 17.8 Å². The van der Waals surface area contributed by atoms with Crippen LogP contribution in [0.15, 0.2) is 35.4 Å². The van der Waals surface area contributed by atoms with Gasteiger partial charge in [0.25, 0.3) is 5.91 Å². The van der Waals surface area contributed by atoms with Gasteiger partial charge in [-0.25, -0.2) is 12.8 Å². The van der Waals surface area contributed by atoms with Crippen LogP contribution in [0, 0.1) is 11.7 Å². The molecule has 0 bridgehead atoms. The Morgan fingerprint density at radius 2 is 2.03 bits per heavy atom. The zero-order valence-electron chi connectivity index (χ0n) is 15.3. The van der Waals surface area contributed by atoms with Crippen molar-refractivity contribution in [1.29, 1.82) is 0 Å². The fraction of sp³-hybridized carbons (Fsp3) is 0.389. The third kappa shape index (κ3) is 4.78. The molecule has 2 aromatic rings. The van der Waals surface area contributed by atoms with Crippen molar-refractivity contribution in [3.63, 3.8) is 0 Å². The highest BCUT2D eigenvalue weighted by atomic mass is 32.2. The van der Waals surface area contributed by atoms with E-state index in [2.05, 4.69) is 5.32 Å². The van der Waals surface area contributed by atoms with Gasteiger partial charge >= 0.3 is 6.18 Å². The zero-order chi connectivity index (χ0) is 21.4. The maximum atomic E-state index is 13.4. The average molecular weight is 434 g/mol. The van der Waals surface area contributed by atoms with Gasteiger partial charge in [0, 0.05) is 25.5 Å². The molecule has 29 heavy (non-hydrogen) atoms. The molecule has 1 atom stereocenters. The van der Waals surface area contributed by atoms with Crippen molar-refractivity contribution in [2.45, 2.75) is 17.5 Å². The van der Waals surface area contributed by atoms with Gasteiger partial charge in [0.05, 0.1) is 22.8 Å². The molecule has 0 radical (unpaired) electrons. The van der Waals surface area contributed by atoms with E-state index in [1.807, 2.05) is 0 Å². The summed E-state index contributed by atoms with van der Waals surface area (Å²) in [7, 11) is -2.22. The summed E-state index contributed by atoms with van der Waals surface area (Å²) < 4.78 is 83.4. The summed E-state index contributed by atoms with van der Waals surface area (Å²) in [6.45, 7) is 0.853. The minimum atomic E-state index is -4.92. The Kier molecular flexibility index (Phi) is 5.72. The van der Waals surface area contributed by atoms with Gasteiger partial charge in [-0.3, -0.25) is 4.79 Å². The molecule has 2 heterocycles. The summed E-state index contributed by atoms with van der Waals surface area (Å²) >= 11 is 0. The summed E-state index contributed by atoms with van der Waals surface area (Å²) in [5.41, 5.74) is -1.84. The number of hydrogen-bond acceptors (Lipinski definition) is 4. The van der Waals surface area contributed by atoms with Crippen molar-refractivity contribution < 1.29 is 35.5 Å². The standard InChI is InChI=1S/C18H18F4N2O4S/c1-24-8-13(29(26,27)10-11-4-5-28-9-11)7-16(24)17(25)23-12-2-3-15(19)14(6-12)18(20,21)22/h2-3,6-8,11H,4-5,9-10H2,1H3,(H,23,25)/t11-/m0/s1. The molecular weight excluding hydrogens is 416 g/mol. The molecule has 6 nitrogen and oxygen atoms in total. The van der Waals surface area contributed by atoms with Crippen molar-refractivity contribution in [3.05, 3.63) is 47.5 Å². The summed E-state index contributed by atoms with van der Waals surface area (Å²) in [5, 5.41) is 2.24. The average Bonchev–Trinajstić information content (AvgIpc) is 3.25. The third-order valence-corrected chi connectivity index (χ3v) is 6.43. The van der Waals surface area contributed by atoms with E-state index >= 15 is 0 Å². The van der Waals surface area contributed by atoms with E-state index in [4.69, 9.17) is 4.74 Å². The van der Waals surface area contributed by atoms with Crippen LogP contribution in [0.1, 0.15) is 22.5 Å². The number of aryl methyl sites for hydroxylation is 1. The molecule has 0 unspecified atom stereocenters. The lowest BCUT2D eigenvalue weighted by molar-refractivity contribution is -0.139. The molecule has 11 heteroatoms. The van der Waals surface area contributed by atoms with Crippen LogP contribution in [0.2, 0.25) is 0 Å². The number of amides is 1. The normalized spacial score (nSPS) is 17.5. The predicted octanol–water partition coefficient (Wildman–Crippen LogP) is 3.25. The Hall–Kier alpha value is -2.40. The number of carbonyl (C=O) groups excluding carboxylic acids is 1. The van der Waals surface area contributed by atoms with Gasteiger partial charge in [0.15, 0.2) is 9.84 Å². The molecule has 0 aliphatic carbocycles. The second kappa shape index (κ2) is 7.79. The minimum absolute atomic E-state index is 0.0628. The number of sulfone groups is 1. The number of carbonyl (C=O) groups is 1. The molecule has 3 rings (SSSR count). The molecule has 1 aliphatic heterocycles. The fourth-order valence-corrected chi connectivity index (χ4v) is 4.75. The highest BCUT2D eigenvalue weighted by molar-refractivity contribution is 7.91. The predicted molar refractivity (Wildman–Crippen MR) is 95.7 cm³/mol. The molecule has 1 aromatic carbocycles. The SMILES string of the molecule is Cn1cc(S(=O)(=O)C[C@H]2CCOC2)cc1C(=O)Nc1ccc(F)c(C(F)(F)F)c1. The van der Waals surface area contributed by atoms with Crippen LogP contribution in [0.4, 0.5) is 23.2 Å². The maximum absolute atomic E-state index is 13.4. The van der Waals surface area contributed by atoms with Crippen LogP contribution < -0.4 is 5.32 Å². The van der Waals surface area contributed by atoms with E-state index in [0.717, 1.165) is 12.1 Å². The van der Waals surface area contributed by atoms with Gasteiger partial charge in [-0.1, -0.05) is 0 Å². The van der Waals surface area contributed by atoms with E-state index in [-0.39, 0.29) is 27.9 Å². The van der Waals surface area contributed by atoms with Gasteiger partial charge in [0.2, 0.25) is 0 Å². The molecule has 0 spiro atoms. The fourth-order valence-electron chi connectivity index (χ4n) is 3.07. The van der Waals surface area contributed by atoms with Crippen LogP contribution in [0.25, 0.3) is 0 Å². The summed E-state index contributed by atoms with van der Waals surface area (Å²) in [6, 6.07) is 3.23. The molecule has 1 N–H and O–H groups in total. The topological polar surface area (TPSA) is 77.4 Å². The van der Waals surface area contributed by atoms with Gasteiger partial charge in [-0.2, -0.15) is 13.2 Å². The minimum Gasteiger partial charge on any atom is -0.381 e. The first kappa shape index (κ1) is 21.3. The number of nitrogens with one attached hydrogen (secondary N) is 1. The van der Waals surface area contributed by atoms with Crippen LogP contribution in [-0.4, -0.2) is 37.9 Å². The number of alkyl halides is 3. The van der Waals surface area contributed by atoms with Crippen LogP contribution in [0.5, 0.6) is 0 Å². The lowest BCUT2D eigenvalue weighted by atomic mass is 10.1. The first-order valence-electron chi connectivity index (χ1n) is 8.62. The van der Waals surface area contributed by atoms with Crippen LogP contribution in [0.3, 0.4) is 0 Å². The first-order chi connectivity index (χ1) is 13.5. The van der Waals surface area contributed by atoms with Crippen molar-refractivity contribution in [2.24, 2.45) is 13.0 Å². The summed E-state index contributed by atoms with van der Waals surface area (Å²) in [5.74, 6) is -2.53. The smallest absolute Gasteiger partial charge is 0.381 e. The van der Waals surface area contributed by atoms with Crippen LogP contribution >= 0.6 is 0 Å². The number of anilines is 1. The number of rotatable bonds is 5. The molecule has 158 valence electrons. The lowest BCUT2D eigenvalue weighted by Crippen LogP contribution is -2.17. The number of benzene rings is 1. The first-order valence-corrected chi connectivity index (χ1v) is 10.3. The van der Waals surface area contributed by atoms with Gasteiger partial charge < -0.3 is 14.6 Å². The Morgan fingerprint density at radius 3 is 2.66 bits per heavy atom. The number of hydrogen-bond donors (Lipinski definition) is 1. The van der Waals surface area contributed by atoms with Crippen molar-refractivity contribution in [2.75, 3.05) is 24.3 Å². The monoisotopic (exact) mass is 434 g/mol. The molecule has 1 aliphatic rings. The molecule has 1 aromatic heterocycles. The van der Waals surface area contributed by atoms with Crippen molar-refractivity contribution >= 4 is 21.4 Å². The molecule has 0 saturated carbocycles. The van der Waals surface area contributed by atoms with Crippen molar-refractivity contribution in [3.8, 4) is 0 Å². The van der Waals surface area contributed by atoms with E-state index < -0.39 is 33.3 Å². The van der Waals surface area contributed by atoms with E-state index in [9.17, 15) is 30.8 Å². The largest absolute Gasteiger partial charge is 0.419 e. The Bertz CT molecular complexity index is 1020. The number of nitrogens with zero attached hydrogens (tertiary/aromatic N) is 1. The van der Waals surface area contributed by atoms with Gasteiger partial charge in [0.1, 0.15) is 11.5 Å². The highest BCUT2D eigenvalue weighted by Gasteiger charge is 2.34. The Balaban J connectivity index is 1.80. The molecule has 1 saturated heterocycles. The Labute approximate surface area is 164 Å². The summed E-state index contributed by atoms with van der Waals surface area (Å²) in [6.07, 6.45) is -3.02. The quantitative estimate of drug-likeness (QED) is 0.733. The lowest BCUT2D eigenvalue weighted by Gasteiger charge is -2.11. The molecule has 1 amide bonds. The number of ether oxygens (including phenoxy) is 1. The zero-order valence-corrected chi connectivity index (χ0v) is 16.1. The van der Waals surface area contributed by atoms with Crippen molar-refractivity contribution in [1.82, 2.24) is 4.57 Å². The number of halogens is 4. The number of aromatic nitrogens is 1. The summed E-state index contributed by atoms with van der Waals surface area (Å²) in [4.78, 5) is 12.4. The second-order valence-corrected chi connectivity index (χ2v) is 8.86. The maximum Gasteiger partial charge on any atom is 0.419 e. The van der Waals surface area contributed by atoms with Gasteiger partial charge in [-0.05, 0) is 36.6 Å².